The van der Waals surface area contributed by atoms with Crippen molar-refractivity contribution in [3.63, 3.8) is 0 Å². The summed E-state index contributed by atoms with van der Waals surface area (Å²) in [6.07, 6.45) is 0. The molecule has 1 aliphatic heterocycles. The second-order valence-corrected chi connectivity index (χ2v) is 9.43. The number of thioether (sulfide) groups is 1. The molecular weight excluding hydrogens is 364 g/mol. The number of hydrogen-bond acceptors (Lipinski definition) is 2. The minimum absolute atomic E-state index is 0.0359. The van der Waals surface area contributed by atoms with Crippen molar-refractivity contribution < 1.29 is 4.79 Å². The Morgan fingerprint density at radius 2 is 1.71 bits per heavy atom. The minimum atomic E-state index is -0.0359. The SMILES string of the molecule is CC(C)(C)c1ccc([C@H]2SCCN2C(=O)Nc2cccc3ccccc23)cc1. The Bertz CT molecular complexity index is 986. The minimum Gasteiger partial charge on any atom is -0.308 e. The second-order valence-electron chi connectivity index (χ2n) is 8.25. The predicted octanol–water partition coefficient (Wildman–Crippen LogP) is 6.42. The molecular formula is C24H26N2OS. The highest BCUT2D eigenvalue weighted by Crippen LogP contribution is 2.39. The average molecular weight is 391 g/mol. The molecule has 1 aliphatic rings. The lowest BCUT2D eigenvalue weighted by molar-refractivity contribution is 0.214. The van der Waals surface area contributed by atoms with Gasteiger partial charge in [0.2, 0.25) is 0 Å². The smallest absolute Gasteiger partial charge is 0.308 e. The summed E-state index contributed by atoms with van der Waals surface area (Å²) in [5.41, 5.74) is 3.49. The van der Waals surface area contributed by atoms with Gasteiger partial charge in [0.15, 0.2) is 0 Å². The van der Waals surface area contributed by atoms with Gasteiger partial charge in [0.25, 0.3) is 0 Å². The van der Waals surface area contributed by atoms with Crippen LogP contribution in [0.2, 0.25) is 0 Å². The third-order valence-electron chi connectivity index (χ3n) is 5.24. The van der Waals surface area contributed by atoms with Crippen molar-refractivity contribution in [3.8, 4) is 0 Å². The van der Waals surface area contributed by atoms with Crippen LogP contribution < -0.4 is 5.32 Å². The van der Waals surface area contributed by atoms with Crippen molar-refractivity contribution in [2.24, 2.45) is 0 Å². The van der Waals surface area contributed by atoms with Crippen LogP contribution in [0.3, 0.4) is 0 Å². The summed E-state index contributed by atoms with van der Waals surface area (Å²) in [7, 11) is 0. The van der Waals surface area contributed by atoms with Crippen LogP contribution in [-0.2, 0) is 5.41 Å². The number of urea groups is 1. The molecule has 0 bridgehead atoms. The van der Waals surface area contributed by atoms with Gasteiger partial charge >= 0.3 is 6.03 Å². The van der Waals surface area contributed by atoms with E-state index >= 15 is 0 Å². The van der Waals surface area contributed by atoms with E-state index in [9.17, 15) is 4.79 Å². The number of carbonyl (C=O) groups excluding carboxylic acids is 1. The molecule has 0 radical (unpaired) electrons. The van der Waals surface area contributed by atoms with Gasteiger partial charge in [-0.25, -0.2) is 4.79 Å². The van der Waals surface area contributed by atoms with E-state index in [-0.39, 0.29) is 16.8 Å². The zero-order chi connectivity index (χ0) is 19.7. The molecule has 1 saturated heterocycles. The Hall–Kier alpha value is -2.46. The monoisotopic (exact) mass is 390 g/mol. The van der Waals surface area contributed by atoms with Crippen molar-refractivity contribution in [1.82, 2.24) is 4.90 Å². The number of carbonyl (C=O) groups is 1. The molecule has 1 atom stereocenters. The third kappa shape index (κ3) is 3.74. The van der Waals surface area contributed by atoms with Gasteiger partial charge in [-0.15, -0.1) is 11.8 Å². The molecule has 3 aromatic carbocycles. The summed E-state index contributed by atoms with van der Waals surface area (Å²) in [5.74, 6) is 0.953. The fraction of sp³-hybridized carbons (Fsp3) is 0.292. The fourth-order valence-electron chi connectivity index (χ4n) is 3.62. The number of hydrogen-bond donors (Lipinski definition) is 1. The molecule has 1 N–H and O–H groups in total. The summed E-state index contributed by atoms with van der Waals surface area (Å²) in [5, 5.41) is 5.39. The van der Waals surface area contributed by atoms with E-state index in [0.717, 1.165) is 28.8 Å². The Morgan fingerprint density at radius 1 is 1.00 bits per heavy atom. The molecule has 0 aromatic heterocycles. The molecule has 3 nitrogen and oxygen atoms in total. The summed E-state index contributed by atoms with van der Waals surface area (Å²) >= 11 is 1.82. The van der Waals surface area contributed by atoms with Crippen LogP contribution in [0.15, 0.2) is 66.7 Å². The molecule has 1 heterocycles. The molecule has 0 saturated carbocycles. The lowest BCUT2D eigenvalue weighted by Crippen LogP contribution is -2.34. The van der Waals surface area contributed by atoms with E-state index in [1.165, 1.54) is 11.1 Å². The van der Waals surface area contributed by atoms with Crippen LogP contribution in [0.5, 0.6) is 0 Å². The normalized spacial score (nSPS) is 17.1. The van der Waals surface area contributed by atoms with Gasteiger partial charge in [-0.2, -0.15) is 0 Å². The van der Waals surface area contributed by atoms with Crippen molar-refractivity contribution in [3.05, 3.63) is 77.9 Å². The quantitative estimate of drug-likeness (QED) is 0.548. The molecule has 0 spiro atoms. The number of nitrogens with one attached hydrogen (secondary N) is 1. The standard InChI is InChI=1S/C24H26N2OS/c1-24(2,3)19-13-11-18(12-14-19)22-26(15-16-28-22)23(27)25-21-10-6-8-17-7-4-5-9-20(17)21/h4-14,22H,15-16H2,1-3H3,(H,25,27)/t22-/m1/s1. The average Bonchev–Trinajstić information content (AvgIpc) is 3.18. The molecule has 0 unspecified atom stereocenters. The number of anilines is 1. The van der Waals surface area contributed by atoms with Gasteiger partial charge in [-0.1, -0.05) is 81.4 Å². The van der Waals surface area contributed by atoms with Gasteiger partial charge in [-0.3, -0.25) is 0 Å². The summed E-state index contributed by atoms with van der Waals surface area (Å²) in [6, 6.07) is 22.8. The largest absolute Gasteiger partial charge is 0.323 e. The molecule has 4 rings (SSSR count). The van der Waals surface area contributed by atoms with Gasteiger partial charge < -0.3 is 10.2 Å². The van der Waals surface area contributed by atoms with Crippen LogP contribution in [0.1, 0.15) is 37.3 Å². The first-order chi connectivity index (χ1) is 13.4. The Kier molecular flexibility index (Phi) is 5.07. The molecule has 2 amide bonds. The van der Waals surface area contributed by atoms with Crippen LogP contribution in [-0.4, -0.2) is 23.2 Å². The maximum Gasteiger partial charge on any atom is 0.323 e. The highest BCUT2D eigenvalue weighted by atomic mass is 32.2. The molecule has 144 valence electrons. The predicted molar refractivity (Wildman–Crippen MR) is 120 cm³/mol. The molecule has 4 heteroatoms. The maximum absolute atomic E-state index is 13.1. The number of amides is 2. The number of fused-ring (bicyclic) bond motifs is 1. The zero-order valence-corrected chi connectivity index (χ0v) is 17.4. The van der Waals surface area contributed by atoms with E-state index in [0.29, 0.717) is 0 Å². The summed E-state index contributed by atoms with van der Waals surface area (Å²) in [4.78, 5) is 15.0. The van der Waals surface area contributed by atoms with E-state index in [1.54, 1.807) is 0 Å². The van der Waals surface area contributed by atoms with Crippen molar-refractivity contribution >= 4 is 34.3 Å². The van der Waals surface area contributed by atoms with Crippen LogP contribution >= 0.6 is 11.8 Å². The Balaban J connectivity index is 1.55. The van der Waals surface area contributed by atoms with E-state index < -0.39 is 0 Å². The zero-order valence-electron chi connectivity index (χ0n) is 16.6. The van der Waals surface area contributed by atoms with E-state index in [1.807, 2.05) is 47.0 Å². The highest BCUT2D eigenvalue weighted by Gasteiger charge is 2.31. The van der Waals surface area contributed by atoms with Gasteiger partial charge in [-0.05, 0) is 28.0 Å². The van der Waals surface area contributed by atoms with Crippen molar-refractivity contribution in [2.75, 3.05) is 17.6 Å². The van der Waals surface area contributed by atoms with Crippen molar-refractivity contribution in [1.29, 1.82) is 0 Å². The maximum atomic E-state index is 13.1. The molecule has 3 aromatic rings. The summed E-state index contributed by atoms with van der Waals surface area (Å²) in [6.45, 7) is 7.41. The van der Waals surface area contributed by atoms with E-state index in [2.05, 4.69) is 62.5 Å². The first-order valence-electron chi connectivity index (χ1n) is 9.71. The van der Waals surface area contributed by atoms with Gasteiger partial charge in [0, 0.05) is 17.7 Å². The first-order valence-corrected chi connectivity index (χ1v) is 10.8. The number of benzene rings is 3. The third-order valence-corrected chi connectivity index (χ3v) is 6.51. The van der Waals surface area contributed by atoms with Gasteiger partial charge in [0.1, 0.15) is 5.37 Å². The lowest BCUT2D eigenvalue weighted by Gasteiger charge is -2.26. The van der Waals surface area contributed by atoms with E-state index in [4.69, 9.17) is 0 Å². The van der Waals surface area contributed by atoms with Crippen LogP contribution in [0.4, 0.5) is 10.5 Å². The topological polar surface area (TPSA) is 32.3 Å². The Morgan fingerprint density at radius 3 is 2.46 bits per heavy atom. The summed E-state index contributed by atoms with van der Waals surface area (Å²) < 4.78 is 0. The fourth-order valence-corrected chi connectivity index (χ4v) is 4.88. The van der Waals surface area contributed by atoms with Crippen molar-refractivity contribution in [2.45, 2.75) is 31.6 Å². The van der Waals surface area contributed by atoms with Crippen LogP contribution in [0, 0.1) is 0 Å². The number of rotatable bonds is 2. The molecule has 0 aliphatic carbocycles. The molecule has 28 heavy (non-hydrogen) atoms. The van der Waals surface area contributed by atoms with Gasteiger partial charge in [0.05, 0.1) is 5.69 Å². The first kappa shape index (κ1) is 18.9. The molecule has 1 fully saturated rings. The lowest BCUT2D eigenvalue weighted by atomic mass is 9.87. The van der Waals surface area contributed by atoms with Crippen LogP contribution in [0.25, 0.3) is 10.8 Å². The second kappa shape index (κ2) is 7.51. The number of nitrogens with zero attached hydrogens (tertiary/aromatic N) is 1. The Labute approximate surface area is 171 Å². The highest BCUT2D eigenvalue weighted by molar-refractivity contribution is 7.99.